The monoisotopic (exact) mass is 416 g/mol. The summed E-state index contributed by atoms with van der Waals surface area (Å²) >= 11 is 6.53. The third-order valence-electron chi connectivity index (χ3n) is 4.61. The molecule has 1 unspecified atom stereocenters. The zero-order valence-electron chi connectivity index (χ0n) is 15.8. The lowest BCUT2D eigenvalue weighted by molar-refractivity contribution is 0.103. The molecule has 2 aromatic carbocycles. The molecule has 146 valence electrons. The van der Waals surface area contributed by atoms with Crippen LogP contribution in [0.3, 0.4) is 0 Å². The lowest BCUT2D eigenvalue weighted by Gasteiger charge is -2.12. The van der Waals surface area contributed by atoms with E-state index in [-0.39, 0.29) is 11.7 Å². The van der Waals surface area contributed by atoms with Gasteiger partial charge in [0.15, 0.2) is 0 Å². The van der Waals surface area contributed by atoms with Gasteiger partial charge in [-0.2, -0.15) is 0 Å². The van der Waals surface area contributed by atoms with Crippen molar-refractivity contribution in [3.05, 3.63) is 87.7 Å². The van der Waals surface area contributed by atoms with E-state index in [1.165, 1.54) is 0 Å². The number of sulfonamides is 1. The molecule has 3 aromatic rings. The lowest BCUT2D eigenvalue weighted by atomic mass is 9.97. The van der Waals surface area contributed by atoms with Crippen molar-refractivity contribution in [2.75, 3.05) is 11.0 Å². The molecule has 0 fully saturated rings. The minimum absolute atomic E-state index is 0.101. The van der Waals surface area contributed by atoms with Crippen LogP contribution in [0.15, 0.2) is 54.6 Å². The van der Waals surface area contributed by atoms with Crippen LogP contribution in [0.5, 0.6) is 0 Å². The molecular weight excluding hydrogens is 396 g/mol. The van der Waals surface area contributed by atoms with E-state index in [0.29, 0.717) is 27.5 Å². The van der Waals surface area contributed by atoms with Crippen LogP contribution in [-0.4, -0.2) is 25.4 Å². The second-order valence-electron chi connectivity index (χ2n) is 6.77. The molecule has 3 rings (SSSR count). The molecular formula is C21H21ClN2O3S. The van der Waals surface area contributed by atoms with Gasteiger partial charge in [0, 0.05) is 22.9 Å². The number of aromatic amines is 1. The quantitative estimate of drug-likeness (QED) is 0.570. The Morgan fingerprint density at radius 2 is 1.68 bits per heavy atom. The third kappa shape index (κ3) is 4.29. The number of rotatable bonds is 6. The van der Waals surface area contributed by atoms with E-state index >= 15 is 0 Å². The first kappa shape index (κ1) is 20.2. The summed E-state index contributed by atoms with van der Waals surface area (Å²) in [6.07, 6.45) is 1.11. The third-order valence-corrected chi connectivity index (χ3v) is 5.70. The summed E-state index contributed by atoms with van der Waals surface area (Å²) in [7, 11) is -3.32. The average Bonchev–Trinajstić information content (AvgIpc) is 2.96. The van der Waals surface area contributed by atoms with Crippen molar-refractivity contribution in [2.45, 2.75) is 19.8 Å². The largest absolute Gasteiger partial charge is 0.354 e. The van der Waals surface area contributed by atoms with E-state index < -0.39 is 10.0 Å². The van der Waals surface area contributed by atoms with Crippen molar-refractivity contribution in [3.8, 4) is 0 Å². The fourth-order valence-corrected chi connectivity index (χ4v) is 3.94. The molecule has 0 aliphatic carbocycles. The molecule has 0 aliphatic heterocycles. The lowest BCUT2D eigenvalue weighted by Crippen LogP contribution is -2.09. The molecule has 1 aromatic heterocycles. The first-order valence-electron chi connectivity index (χ1n) is 8.73. The first-order valence-corrected chi connectivity index (χ1v) is 11.0. The summed E-state index contributed by atoms with van der Waals surface area (Å²) in [6, 6.07) is 16.1. The SMILES string of the molecule is Cc1c(C(=O)c2ccccc2)[nH]c(C(C)c2ccc(NS(C)(=O)=O)cc2)c1Cl. The van der Waals surface area contributed by atoms with Crippen molar-refractivity contribution in [1.82, 2.24) is 4.98 Å². The number of anilines is 1. The van der Waals surface area contributed by atoms with E-state index in [0.717, 1.165) is 17.5 Å². The van der Waals surface area contributed by atoms with Gasteiger partial charge in [0.25, 0.3) is 0 Å². The van der Waals surface area contributed by atoms with Gasteiger partial charge in [-0.15, -0.1) is 0 Å². The van der Waals surface area contributed by atoms with Crippen molar-refractivity contribution in [3.63, 3.8) is 0 Å². The van der Waals surface area contributed by atoms with Crippen LogP contribution in [0.25, 0.3) is 0 Å². The van der Waals surface area contributed by atoms with E-state index in [2.05, 4.69) is 9.71 Å². The van der Waals surface area contributed by atoms with Crippen LogP contribution in [-0.2, 0) is 10.0 Å². The van der Waals surface area contributed by atoms with Crippen LogP contribution < -0.4 is 4.72 Å². The molecule has 0 amide bonds. The van der Waals surface area contributed by atoms with Crippen LogP contribution in [0.2, 0.25) is 5.02 Å². The molecule has 2 N–H and O–H groups in total. The summed E-state index contributed by atoms with van der Waals surface area (Å²) in [4.78, 5) is 16.0. The Hall–Kier alpha value is -2.57. The summed E-state index contributed by atoms with van der Waals surface area (Å²) < 4.78 is 25.1. The van der Waals surface area contributed by atoms with Gasteiger partial charge in [0.05, 0.1) is 17.0 Å². The molecule has 0 aliphatic rings. The number of ketones is 1. The Balaban J connectivity index is 1.90. The van der Waals surface area contributed by atoms with Crippen molar-refractivity contribution in [2.24, 2.45) is 0 Å². The van der Waals surface area contributed by atoms with Crippen molar-refractivity contribution < 1.29 is 13.2 Å². The molecule has 0 radical (unpaired) electrons. The number of benzene rings is 2. The Labute approximate surface area is 169 Å². The predicted molar refractivity (Wildman–Crippen MR) is 113 cm³/mol. The zero-order valence-corrected chi connectivity index (χ0v) is 17.4. The number of aromatic nitrogens is 1. The Kier molecular flexibility index (Phi) is 5.63. The predicted octanol–water partition coefficient (Wildman–Crippen LogP) is 4.73. The number of carbonyl (C=O) groups excluding carboxylic acids is 1. The van der Waals surface area contributed by atoms with Gasteiger partial charge in [-0.3, -0.25) is 9.52 Å². The number of nitrogens with one attached hydrogen (secondary N) is 2. The summed E-state index contributed by atoms with van der Waals surface area (Å²) in [6.45, 7) is 3.80. The molecule has 5 nitrogen and oxygen atoms in total. The summed E-state index contributed by atoms with van der Waals surface area (Å²) in [5, 5.41) is 0.533. The van der Waals surface area contributed by atoms with Crippen molar-refractivity contribution >= 4 is 33.1 Å². The Morgan fingerprint density at radius 3 is 2.25 bits per heavy atom. The molecule has 0 saturated carbocycles. The van der Waals surface area contributed by atoms with Crippen LogP contribution in [0.1, 0.15) is 45.7 Å². The second-order valence-corrected chi connectivity index (χ2v) is 8.89. The summed E-state index contributed by atoms with van der Waals surface area (Å²) in [5.41, 5.74) is 3.98. The molecule has 1 atom stereocenters. The fourth-order valence-electron chi connectivity index (χ4n) is 3.07. The maximum Gasteiger partial charge on any atom is 0.229 e. The second kappa shape index (κ2) is 7.81. The van der Waals surface area contributed by atoms with Gasteiger partial charge in [-0.25, -0.2) is 8.42 Å². The average molecular weight is 417 g/mol. The summed E-state index contributed by atoms with van der Waals surface area (Å²) in [5.74, 6) is -0.207. The molecule has 28 heavy (non-hydrogen) atoms. The highest BCUT2D eigenvalue weighted by molar-refractivity contribution is 7.92. The molecule has 1 heterocycles. The standard InChI is InChI=1S/C21H21ClN2O3S/c1-13(15-9-11-17(12-10-15)24-28(3,26)27)19-18(22)14(2)20(23-19)21(25)16-7-5-4-6-8-16/h4-13,23-24H,1-3H3. The Morgan fingerprint density at radius 1 is 1.07 bits per heavy atom. The minimum Gasteiger partial charge on any atom is -0.354 e. The van der Waals surface area contributed by atoms with E-state index in [1.807, 2.05) is 44.2 Å². The number of hydrogen-bond acceptors (Lipinski definition) is 3. The number of H-pyrrole nitrogens is 1. The van der Waals surface area contributed by atoms with Gasteiger partial charge in [0.1, 0.15) is 0 Å². The maximum atomic E-state index is 12.8. The molecule has 0 spiro atoms. The van der Waals surface area contributed by atoms with E-state index in [4.69, 9.17) is 11.6 Å². The van der Waals surface area contributed by atoms with Gasteiger partial charge >= 0.3 is 0 Å². The Bertz CT molecular complexity index is 1100. The number of carbonyl (C=O) groups is 1. The fraction of sp³-hybridized carbons (Fsp3) is 0.190. The first-order chi connectivity index (χ1) is 13.2. The topological polar surface area (TPSA) is 79.0 Å². The van der Waals surface area contributed by atoms with Crippen LogP contribution >= 0.6 is 11.6 Å². The zero-order chi connectivity index (χ0) is 20.5. The molecule has 0 bridgehead atoms. The number of hydrogen-bond donors (Lipinski definition) is 2. The molecule has 0 saturated heterocycles. The van der Waals surface area contributed by atoms with Crippen molar-refractivity contribution in [1.29, 1.82) is 0 Å². The minimum atomic E-state index is -3.32. The smallest absolute Gasteiger partial charge is 0.229 e. The van der Waals surface area contributed by atoms with Gasteiger partial charge in [-0.1, -0.05) is 61.0 Å². The van der Waals surface area contributed by atoms with E-state index in [1.54, 1.807) is 24.3 Å². The van der Waals surface area contributed by atoms with Gasteiger partial charge in [-0.05, 0) is 30.2 Å². The van der Waals surface area contributed by atoms with Gasteiger partial charge in [0.2, 0.25) is 15.8 Å². The maximum absolute atomic E-state index is 12.8. The highest BCUT2D eigenvalue weighted by atomic mass is 35.5. The highest BCUT2D eigenvalue weighted by Crippen LogP contribution is 2.34. The van der Waals surface area contributed by atoms with Gasteiger partial charge < -0.3 is 4.98 Å². The van der Waals surface area contributed by atoms with Crippen LogP contribution in [0.4, 0.5) is 5.69 Å². The normalized spacial score (nSPS) is 12.6. The van der Waals surface area contributed by atoms with E-state index in [9.17, 15) is 13.2 Å². The highest BCUT2D eigenvalue weighted by Gasteiger charge is 2.23. The molecule has 7 heteroatoms. The number of halogens is 1. The van der Waals surface area contributed by atoms with Crippen LogP contribution in [0, 0.1) is 6.92 Å².